The molecule has 2 aliphatic rings. The molecule has 0 aromatic heterocycles. The fourth-order valence-electron chi connectivity index (χ4n) is 3.37. The van der Waals surface area contributed by atoms with E-state index < -0.39 is 0 Å². The van der Waals surface area contributed by atoms with E-state index in [-0.39, 0.29) is 6.03 Å². The molecule has 0 radical (unpaired) electrons. The largest absolute Gasteiger partial charge is 0.335 e. The second-order valence-corrected chi connectivity index (χ2v) is 7.70. The average Bonchev–Trinajstić information content (AvgIpc) is 2.58. The molecule has 3 rings (SSSR count). The van der Waals surface area contributed by atoms with E-state index in [0.717, 1.165) is 38.2 Å². The predicted molar refractivity (Wildman–Crippen MR) is 98.1 cm³/mol. The van der Waals surface area contributed by atoms with Crippen LogP contribution in [0.1, 0.15) is 37.7 Å². The van der Waals surface area contributed by atoms with Gasteiger partial charge < -0.3 is 10.6 Å². The van der Waals surface area contributed by atoms with E-state index in [4.69, 9.17) is 0 Å². The topological polar surface area (TPSA) is 44.4 Å². The van der Waals surface area contributed by atoms with Crippen molar-refractivity contribution in [2.45, 2.75) is 44.7 Å². The quantitative estimate of drug-likeness (QED) is 0.883. The predicted octanol–water partition coefficient (Wildman–Crippen LogP) is 3.69. The number of hydrogen-bond acceptors (Lipinski definition) is 3. The molecule has 23 heavy (non-hydrogen) atoms. The number of para-hydroxylation sites is 1. The van der Waals surface area contributed by atoms with Gasteiger partial charge in [-0.3, -0.25) is 4.90 Å². The van der Waals surface area contributed by atoms with Gasteiger partial charge in [0, 0.05) is 42.9 Å². The Hall–Kier alpha value is -1.20. The van der Waals surface area contributed by atoms with Crippen LogP contribution in [0.2, 0.25) is 0 Å². The summed E-state index contributed by atoms with van der Waals surface area (Å²) in [4.78, 5) is 14.8. The summed E-state index contributed by atoms with van der Waals surface area (Å²) in [5, 5.41) is 6.20. The highest BCUT2D eigenvalue weighted by molar-refractivity contribution is 7.99. The zero-order valence-electron chi connectivity index (χ0n) is 13.7. The second kappa shape index (κ2) is 8.60. The highest BCUT2D eigenvalue weighted by Gasteiger charge is 2.17. The van der Waals surface area contributed by atoms with Gasteiger partial charge in [0.25, 0.3) is 0 Å². The van der Waals surface area contributed by atoms with E-state index in [1.165, 1.54) is 36.3 Å². The summed E-state index contributed by atoms with van der Waals surface area (Å²) in [6.45, 7) is 3.18. The third-order valence-corrected chi connectivity index (χ3v) is 5.65. The van der Waals surface area contributed by atoms with Crippen molar-refractivity contribution in [3.8, 4) is 0 Å². The lowest BCUT2D eigenvalue weighted by Crippen LogP contribution is -2.39. The fraction of sp³-hybridized carbons (Fsp3) is 0.611. The Morgan fingerprint density at radius 3 is 2.65 bits per heavy atom. The monoisotopic (exact) mass is 333 g/mol. The van der Waals surface area contributed by atoms with E-state index in [2.05, 4.69) is 27.7 Å². The number of carbonyl (C=O) groups excluding carboxylic acids is 1. The maximum Gasteiger partial charge on any atom is 0.319 e. The van der Waals surface area contributed by atoms with Crippen LogP contribution in [0, 0.1) is 0 Å². The highest BCUT2D eigenvalue weighted by atomic mass is 32.2. The van der Waals surface area contributed by atoms with Crippen LogP contribution in [0.25, 0.3) is 0 Å². The standard InChI is InChI=1S/C18H27N3OS/c22-18(19-16-7-2-1-3-8-16)20-17-9-5-4-6-15(17)14-21-10-12-23-13-11-21/h4-6,9,16H,1-3,7-8,10-14H2,(H2,19,20,22). The molecule has 2 N–H and O–H groups in total. The van der Waals surface area contributed by atoms with Crippen LogP contribution >= 0.6 is 11.8 Å². The number of thioether (sulfide) groups is 1. The Labute approximate surface area is 143 Å². The Morgan fingerprint density at radius 1 is 1.13 bits per heavy atom. The maximum absolute atomic E-state index is 12.3. The van der Waals surface area contributed by atoms with Crippen LogP contribution in [0.15, 0.2) is 24.3 Å². The molecule has 1 aromatic carbocycles. The number of rotatable bonds is 4. The molecule has 0 atom stereocenters. The second-order valence-electron chi connectivity index (χ2n) is 6.48. The molecule has 5 heteroatoms. The van der Waals surface area contributed by atoms with Gasteiger partial charge in [0.15, 0.2) is 0 Å². The number of benzene rings is 1. The zero-order valence-corrected chi connectivity index (χ0v) is 14.5. The summed E-state index contributed by atoms with van der Waals surface area (Å²) in [6.07, 6.45) is 5.99. The Bertz CT molecular complexity index is 511. The molecule has 1 aliphatic heterocycles. The third kappa shape index (κ3) is 5.15. The van der Waals surface area contributed by atoms with Gasteiger partial charge in [-0.15, -0.1) is 0 Å². The van der Waals surface area contributed by atoms with Crippen LogP contribution in [0.3, 0.4) is 0 Å². The Balaban J connectivity index is 1.57. The fourth-order valence-corrected chi connectivity index (χ4v) is 4.35. The molecule has 0 bridgehead atoms. The van der Waals surface area contributed by atoms with Gasteiger partial charge in [-0.25, -0.2) is 4.79 Å². The molecule has 4 nitrogen and oxygen atoms in total. The van der Waals surface area contributed by atoms with Crippen LogP contribution < -0.4 is 10.6 Å². The molecule has 1 saturated heterocycles. The van der Waals surface area contributed by atoms with Gasteiger partial charge >= 0.3 is 6.03 Å². The number of urea groups is 1. The molecule has 1 heterocycles. The summed E-state index contributed by atoms with van der Waals surface area (Å²) in [5.41, 5.74) is 2.15. The van der Waals surface area contributed by atoms with Crippen molar-refractivity contribution in [1.29, 1.82) is 0 Å². The van der Waals surface area contributed by atoms with Crippen molar-refractivity contribution in [3.05, 3.63) is 29.8 Å². The van der Waals surface area contributed by atoms with Gasteiger partial charge in [0.2, 0.25) is 0 Å². The molecule has 2 fully saturated rings. The molecule has 1 saturated carbocycles. The molecule has 0 spiro atoms. The molecule has 2 amide bonds. The number of anilines is 1. The minimum Gasteiger partial charge on any atom is -0.335 e. The van der Waals surface area contributed by atoms with Gasteiger partial charge in [0.1, 0.15) is 0 Å². The van der Waals surface area contributed by atoms with Crippen LogP contribution in [-0.2, 0) is 6.54 Å². The first-order valence-electron chi connectivity index (χ1n) is 8.77. The van der Waals surface area contributed by atoms with Crippen molar-refractivity contribution >= 4 is 23.5 Å². The first-order chi connectivity index (χ1) is 11.3. The molecule has 1 aromatic rings. The first-order valence-corrected chi connectivity index (χ1v) is 9.92. The van der Waals surface area contributed by atoms with E-state index in [0.29, 0.717) is 6.04 Å². The SMILES string of the molecule is O=C(Nc1ccccc1CN1CCSCC1)NC1CCCCC1. The minimum absolute atomic E-state index is 0.0569. The molecular weight excluding hydrogens is 306 g/mol. The average molecular weight is 334 g/mol. The van der Waals surface area contributed by atoms with Gasteiger partial charge in [0.05, 0.1) is 0 Å². The van der Waals surface area contributed by atoms with Crippen LogP contribution in [0.5, 0.6) is 0 Å². The summed E-state index contributed by atoms with van der Waals surface area (Å²) in [5.74, 6) is 2.41. The number of hydrogen-bond donors (Lipinski definition) is 2. The van der Waals surface area contributed by atoms with Gasteiger partial charge in [-0.2, -0.15) is 11.8 Å². The van der Waals surface area contributed by atoms with E-state index >= 15 is 0 Å². The van der Waals surface area contributed by atoms with Gasteiger partial charge in [-0.05, 0) is 24.5 Å². The first kappa shape index (κ1) is 16.7. The van der Waals surface area contributed by atoms with E-state index in [1.807, 2.05) is 23.9 Å². The zero-order chi connectivity index (χ0) is 15.9. The van der Waals surface area contributed by atoms with E-state index in [1.54, 1.807) is 0 Å². The normalized spacial score (nSPS) is 20.2. The van der Waals surface area contributed by atoms with Crippen molar-refractivity contribution in [2.24, 2.45) is 0 Å². The van der Waals surface area contributed by atoms with Crippen molar-refractivity contribution in [1.82, 2.24) is 10.2 Å². The molecule has 126 valence electrons. The Kier molecular flexibility index (Phi) is 6.22. The number of nitrogens with one attached hydrogen (secondary N) is 2. The highest BCUT2D eigenvalue weighted by Crippen LogP contribution is 2.21. The lowest BCUT2D eigenvalue weighted by molar-refractivity contribution is 0.244. The maximum atomic E-state index is 12.3. The van der Waals surface area contributed by atoms with Crippen LogP contribution in [0.4, 0.5) is 10.5 Å². The minimum atomic E-state index is -0.0569. The molecule has 1 aliphatic carbocycles. The third-order valence-electron chi connectivity index (χ3n) is 4.70. The van der Waals surface area contributed by atoms with E-state index in [9.17, 15) is 4.79 Å². The summed E-state index contributed by atoms with van der Waals surface area (Å²) in [6, 6.07) is 8.46. The van der Waals surface area contributed by atoms with Crippen LogP contribution in [-0.4, -0.2) is 41.6 Å². The summed E-state index contributed by atoms with van der Waals surface area (Å²) < 4.78 is 0. The van der Waals surface area contributed by atoms with Crippen molar-refractivity contribution in [2.75, 3.05) is 29.9 Å². The van der Waals surface area contributed by atoms with Crippen molar-refractivity contribution in [3.63, 3.8) is 0 Å². The van der Waals surface area contributed by atoms with Crippen molar-refractivity contribution < 1.29 is 4.79 Å². The lowest BCUT2D eigenvalue weighted by atomic mass is 9.96. The summed E-state index contributed by atoms with van der Waals surface area (Å²) >= 11 is 2.02. The van der Waals surface area contributed by atoms with Gasteiger partial charge in [-0.1, -0.05) is 37.5 Å². The molecule has 0 unspecified atom stereocenters. The summed E-state index contributed by atoms with van der Waals surface area (Å²) in [7, 11) is 0. The smallest absolute Gasteiger partial charge is 0.319 e. The Morgan fingerprint density at radius 2 is 1.87 bits per heavy atom. The lowest BCUT2D eigenvalue weighted by Gasteiger charge is -2.27. The number of carbonyl (C=O) groups is 1. The number of amides is 2. The number of nitrogens with zero attached hydrogens (tertiary/aromatic N) is 1. The molecular formula is C18H27N3OS.